The maximum absolute atomic E-state index is 12.0. The van der Waals surface area contributed by atoms with E-state index in [9.17, 15) is 10.1 Å². The first-order chi connectivity index (χ1) is 12.7. The van der Waals surface area contributed by atoms with Crippen LogP contribution in [-0.4, -0.2) is 16.9 Å². The predicted molar refractivity (Wildman–Crippen MR) is 113 cm³/mol. The molecule has 26 heavy (non-hydrogen) atoms. The number of nitrogens with zero attached hydrogens (tertiary/aromatic N) is 1. The Kier molecular flexibility index (Phi) is 18.8. The number of ether oxygens (including phenoxy) is 1. The van der Waals surface area contributed by atoms with Crippen molar-refractivity contribution in [3.8, 4) is 6.07 Å². The van der Waals surface area contributed by atoms with Gasteiger partial charge in [-0.25, -0.2) is 0 Å². The minimum absolute atomic E-state index is 0.275. The molecule has 0 radical (unpaired) electrons. The molecule has 0 heterocycles. The first-order valence-corrected chi connectivity index (χ1v) is 11.8. The van der Waals surface area contributed by atoms with Crippen molar-refractivity contribution >= 4 is 21.9 Å². The summed E-state index contributed by atoms with van der Waals surface area (Å²) in [6.45, 7) is 4.42. The fourth-order valence-electron chi connectivity index (χ4n) is 3.05. The Hall–Kier alpha value is -0.560. The molecule has 0 N–H and O–H groups in total. The molecule has 0 fully saturated rings. The summed E-state index contributed by atoms with van der Waals surface area (Å²) in [5.74, 6) is -0.278. The summed E-state index contributed by atoms with van der Waals surface area (Å²) >= 11 is 3.40. The molecule has 0 aliphatic carbocycles. The first kappa shape index (κ1) is 25.4. The molecule has 0 unspecified atom stereocenters. The van der Waals surface area contributed by atoms with Crippen LogP contribution in [0.3, 0.4) is 0 Å². The molecular weight excluding hydrogens is 390 g/mol. The van der Waals surface area contributed by atoms with Crippen molar-refractivity contribution in [2.24, 2.45) is 0 Å². The van der Waals surface area contributed by atoms with Gasteiger partial charge in [-0.05, 0) is 19.3 Å². The molecule has 0 aromatic heterocycles. The van der Waals surface area contributed by atoms with Crippen LogP contribution in [0.4, 0.5) is 0 Å². The molecule has 0 spiro atoms. The minimum atomic E-state index is -0.591. The number of esters is 1. The number of unbranched alkanes of at least 4 members (excludes halogenated alkanes) is 12. The topological polar surface area (TPSA) is 50.1 Å². The highest BCUT2D eigenvalue weighted by Gasteiger charge is 2.20. The van der Waals surface area contributed by atoms with E-state index in [1.165, 1.54) is 64.2 Å². The standard InChI is InChI=1S/C22H40BrNO2/c1-3-5-7-9-10-11-12-13-14-15-17-20(19-24)26-22(25)21(23)18-16-8-6-4-2/h20-21H,3-18H2,1-2H3/t20-,21-/m1/s1. The Balaban J connectivity index is 3.66. The summed E-state index contributed by atoms with van der Waals surface area (Å²) in [5, 5.41) is 9.20. The Labute approximate surface area is 170 Å². The zero-order valence-electron chi connectivity index (χ0n) is 17.1. The summed E-state index contributed by atoms with van der Waals surface area (Å²) in [6.07, 6.45) is 18.1. The molecular formula is C22H40BrNO2. The van der Waals surface area contributed by atoms with Crippen LogP contribution in [0, 0.1) is 11.3 Å². The molecule has 0 rings (SSSR count). The third-order valence-corrected chi connectivity index (χ3v) is 5.62. The van der Waals surface area contributed by atoms with E-state index in [-0.39, 0.29) is 10.8 Å². The number of carbonyl (C=O) groups is 1. The molecule has 4 heteroatoms. The second-order valence-corrected chi connectivity index (χ2v) is 8.45. The van der Waals surface area contributed by atoms with Crippen LogP contribution in [-0.2, 0) is 9.53 Å². The second kappa shape index (κ2) is 19.2. The van der Waals surface area contributed by atoms with E-state index in [1.54, 1.807) is 0 Å². The van der Waals surface area contributed by atoms with Gasteiger partial charge in [0.15, 0.2) is 6.10 Å². The van der Waals surface area contributed by atoms with Gasteiger partial charge >= 0.3 is 5.97 Å². The fraction of sp³-hybridized carbons (Fsp3) is 0.909. The van der Waals surface area contributed by atoms with Crippen LogP contribution in [0.25, 0.3) is 0 Å². The smallest absolute Gasteiger partial charge is 0.321 e. The van der Waals surface area contributed by atoms with Crippen molar-refractivity contribution in [2.45, 2.75) is 128 Å². The second-order valence-electron chi connectivity index (χ2n) is 7.34. The van der Waals surface area contributed by atoms with Gasteiger partial charge < -0.3 is 4.74 Å². The van der Waals surface area contributed by atoms with Crippen LogP contribution in [0.1, 0.15) is 117 Å². The Morgan fingerprint density at radius 2 is 1.23 bits per heavy atom. The molecule has 152 valence electrons. The Morgan fingerprint density at radius 3 is 1.73 bits per heavy atom. The number of halogens is 1. The molecule has 2 atom stereocenters. The van der Waals surface area contributed by atoms with E-state index in [1.807, 2.05) is 0 Å². The van der Waals surface area contributed by atoms with Crippen molar-refractivity contribution in [3.05, 3.63) is 0 Å². The lowest BCUT2D eigenvalue weighted by molar-refractivity contribution is -0.146. The van der Waals surface area contributed by atoms with E-state index in [0.29, 0.717) is 6.42 Å². The lowest BCUT2D eigenvalue weighted by Crippen LogP contribution is -2.23. The predicted octanol–water partition coefficient (Wildman–Crippen LogP) is 7.47. The van der Waals surface area contributed by atoms with Gasteiger partial charge in [-0.1, -0.05) is 113 Å². The lowest BCUT2D eigenvalue weighted by Gasteiger charge is -2.14. The minimum Gasteiger partial charge on any atom is -0.446 e. The fourth-order valence-corrected chi connectivity index (χ4v) is 3.48. The van der Waals surface area contributed by atoms with E-state index in [4.69, 9.17) is 4.74 Å². The number of alkyl halides is 1. The van der Waals surface area contributed by atoms with Gasteiger partial charge in [0.25, 0.3) is 0 Å². The summed E-state index contributed by atoms with van der Waals surface area (Å²) < 4.78 is 5.35. The summed E-state index contributed by atoms with van der Waals surface area (Å²) in [7, 11) is 0. The summed E-state index contributed by atoms with van der Waals surface area (Å²) in [4.78, 5) is 11.8. The molecule has 0 aromatic rings. The monoisotopic (exact) mass is 429 g/mol. The largest absolute Gasteiger partial charge is 0.446 e. The van der Waals surface area contributed by atoms with E-state index < -0.39 is 6.10 Å². The van der Waals surface area contributed by atoms with Gasteiger partial charge in [0, 0.05) is 0 Å². The number of hydrogen-bond acceptors (Lipinski definition) is 3. The summed E-state index contributed by atoms with van der Waals surface area (Å²) in [5.41, 5.74) is 0. The number of carbonyl (C=O) groups excluding carboxylic acids is 1. The Morgan fingerprint density at radius 1 is 0.808 bits per heavy atom. The van der Waals surface area contributed by atoms with Crippen molar-refractivity contribution in [1.82, 2.24) is 0 Å². The van der Waals surface area contributed by atoms with Crippen LogP contribution in [0.2, 0.25) is 0 Å². The van der Waals surface area contributed by atoms with E-state index >= 15 is 0 Å². The van der Waals surface area contributed by atoms with E-state index in [0.717, 1.165) is 32.1 Å². The lowest BCUT2D eigenvalue weighted by atomic mass is 10.0. The molecule has 0 saturated heterocycles. The molecule has 0 aliphatic heterocycles. The molecule has 0 bridgehead atoms. The van der Waals surface area contributed by atoms with Gasteiger partial charge in [-0.15, -0.1) is 0 Å². The van der Waals surface area contributed by atoms with Crippen molar-refractivity contribution in [2.75, 3.05) is 0 Å². The number of rotatable bonds is 18. The van der Waals surface area contributed by atoms with Crippen molar-refractivity contribution < 1.29 is 9.53 Å². The highest BCUT2D eigenvalue weighted by atomic mass is 79.9. The maximum Gasteiger partial charge on any atom is 0.321 e. The number of hydrogen-bond donors (Lipinski definition) is 0. The van der Waals surface area contributed by atoms with Crippen LogP contribution in [0.5, 0.6) is 0 Å². The Bertz CT molecular complexity index is 368. The number of nitriles is 1. The SMILES string of the molecule is CCCCCCCCCCCC[C@H](C#N)OC(=O)[C@H](Br)CCCCCC. The zero-order valence-corrected chi connectivity index (χ0v) is 18.7. The van der Waals surface area contributed by atoms with Gasteiger partial charge in [-0.2, -0.15) is 5.26 Å². The molecule has 0 amide bonds. The van der Waals surface area contributed by atoms with Gasteiger partial charge in [0.2, 0.25) is 0 Å². The van der Waals surface area contributed by atoms with Crippen LogP contribution < -0.4 is 0 Å². The van der Waals surface area contributed by atoms with Crippen molar-refractivity contribution in [1.29, 1.82) is 5.26 Å². The average molecular weight is 430 g/mol. The van der Waals surface area contributed by atoms with Crippen LogP contribution >= 0.6 is 15.9 Å². The molecule has 0 aromatic carbocycles. The third-order valence-electron chi connectivity index (χ3n) is 4.79. The first-order valence-electron chi connectivity index (χ1n) is 10.9. The van der Waals surface area contributed by atoms with Gasteiger partial charge in [-0.3, -0.25) is 4.79 Å². The maximum atomic E-state index is 12.0. The average Bonchev–Trinajstić information content (AvgIpc) is 2.65. The van der Waals surface area contributed by atoms with E-state index in [2.05, 4.69) is 35.8 Å². The highest BCUT2D eigenvalue weighted by Crippen LogP contribution is 2.17. The molecule has 3 nitrogen and oxygen atoms in total. The van der Waals surface area contributed by atoms with Crippen LogP contribution in [0.15, 0.2) is 0 Å². The zero-order chi connectivity index (χ0) is 19.5. The normalized spacial score (nSPS) is 13.2. The van der Waals surface area contributed by atoms with Gasteiger partial charge in [0.05, 0.1) is 0 Å². The molecule has 0 saturated carbocycles. The van der Waals surface area contributed by atoms with Crippen molar-refractivity contribution in [3.63, 3.8) is 0 Å². The molecule has 0 aliphatic rings. The third kappa shape index (κ3) is 15.7. The quantitative estimate of drug-likeness (QED) is 0.129. The highest BCUT2D eigenvalue weighted by molar-refractivity contribution is 9.10. The summed E-state index contributed by atoms with van der Waals surface area (Å²) in [6, 6.07) is 2.13. The van der Waals surface area contributed by atoms with Gasteiger partial charge in [0.1, 0.15) is 10.9 Å².